The van der Waals surface area contributed by atoms with E-state index in [1.165, 1.54) is 76.1 Å². The number of rotatable bonds is 3. The molecule has 1 nitrogen and oxygen atoms in total. The molecule has 2 atom stereocenters. The molecule has 3 aliphatic rings. The zero-order valence-electron chi connectivity index (χ0n) is 23.9. The molecule has 0 N–H and O–H groups in total. The minimum atomic E-state index is 0.299. The minimum Gasteiger partial charge on any atom is -0.309 e. The third kappa shape index (κ3) is 3.24. The first-order chi connectivity index (χ1) is 21.9. The largest absolute Gasteiger partial charge is 0.309 e. The maximum Gasteiger partial charge on any atom is 0.0555 e. The summed E-state index contributed by atoms with van der Waals surface area (Å²) in [6, 6.07) is 47.4. The lowest BCUT2D eigenvalue weighted by Gasteiger charge is -2.33. The second kappa shape index (κ2) is 9.16. The molecule has 0 aliphatic heterocycles. The number of anilines is 3. The van der Waals surface area contributed by atoms with Crippen LogP contribution >= 0.6 is 11.3 Å². The zero-order valence-corrected chi connectivity index (χ0v) is 24.8. The monoisotopic (exact) mass is 577 g/mol. The van der Waals surface area contributed by atoms with Crippen LogP contribution in [0.15, 0.2) is 152 Å². The van der Waals surface area contributed by atoms with Crippen LogP contribution in [-0.2, 0) is 0 Å². The van der Waals surface area contributed by atoms with Gasteiger partial charge in [0.05, 0.1) is 11.4 Å². The summed E-state index contributed by atoms with van der Waals surface area (Å²) in [6.45, 7) is 0. The van der Waals surface area contributed by atoms with Gasteiger partial charge in [0.2, 0.25) is 0 Å². The third-order valence-corrected chi connectivity index (χ3v) is 10.9. The van der Waals surface area contributed by atoms with E-state index in [9.17, 15) is 0 Å². The molecule has 0 saturated heterocycles. The molecule has 3 aliphatic carbocycles. The van der Waals surface area contributed by atoms with Gasteiger partial charge in [0.1, 0.15) is 0 Å². The second-order valence-corrected chi connectivity index (χ2v) is 13.1. The van der Waals surface area contributed by atoms with Crippen LogP contribution in [0.5, 0.6) is 0 Å². The summed E-state index contributed by atoms with van der Waals surface area (Å²) in [4.78, 5) is 2.52. The highest BCUT2D eigenvalue weighted by Gasteiger charge is 2.38. The fourth-order valence-corrected chi connectivity index (χ4v) is 9.19. The molecule has 1 heterocycles. The molecule has 0 amide bonds. The average Bonchev–Trinajstić information content (AvgIpc) is 3.42. The topological polar surface area (TPSA) is 3.24 Å². The van der Waals surface area contributed by atoms with Gasteiger partial charge in [0, 0.05) is 43.3 Å². The van der Waals surface area contributed by atoms with Gasteiger partial charge in [-0.25, -0.2) is 0 Å². The van der Waals surface area contributed by atoms with Gasteiger partial charge in [-0.1, -0.05) is 115 Å². The van der Waals surface area contributed by atoms with Gasteiger partial charge in [0.25, 0.3) is 0 Å². The molecule has 0 spiro atoms. The number of para-hydroxylation sites is 1. The van der Waals surface area contributed by atoms with Crippen LogP contribution in [0, 0.1) is 0 Å². The molecule has 44 heavy (non-hydrogen) atoms. The lowest BCUT2D eigenvalue weighted by molar-refractivity contribution is 0.737. The van der Waals surface area contributed by atoms with E-state index in [2.05, 4.69) is 157 Å². The Balaban J connectivity index is 1.36. The van der Waals surface area contributed by atoms with Crippen LogP contribution in [-0.4, -0.2) is 0 Å². The number of hydrogen-bond donors (Lipinski definition) is 0. The first-order valence-corrected chi connectivity index (χ1v) is 16.2. The molecule has 10 rings (SSSR count). The number of benzene rings is 6. The van der Waals surface area contributed by atoms with E-state index >= 15 is 0 Å². The van der Waals surface area contributed by atoms with Crippen molar-refractivity contribution in [3.05, 3.63) is 163 Å². The van der Waals surface area contributed by atoms with Gasteiger partial charge < -0.3 is 4.90 Å². The number of nitrogens with zero attached hydrogens (tertiary/aromatic N) is 1. The van der Waals surface area contributed by atoms with Crippen molar-refractivity contribution in [1.82, 2.24) is 0 Å². The van der Waals surface area contributed by atoms with Crippen molar-refractivity contribution in [2.75, 3.05) is 4.90 Å². The minimum absolute atomic E-state index is 0.299. The molecule has 2 unspecified atom stereocenters. The van der Waals surface area contributed by atoms with Crippen molar-refractivity contribution >= 4 is 48.6 Å². The molecule has 1 aromatic heterocycles. The van der Waals surface area contributed by atoms with Crippen molar-refractivity contribution < 1.29 is 0 Å². The summed E-state index contributed by atoms with van der Waals surface area (Å²) in [5, 5.41) is 2.62. The van der Waals surface area contributed by atoms with E-state index in [-0.39, 0.29) is 0 Å². The maximum atomic E-state index is 2.52. The molecule has 206 valence electrons. The number of hydrogen-bond acceptors (Lipinski definition) is 2. The molecule has 7 aromatic rings. The van der Waals surface area contributed by atoms with Gasteiger partial charge in [-0.3, -0.25) is 0 Å². The van der Waals surface area contributed by atoms with E-state index in [0.29, 0.717) is 11.8 Å². The molecule has 6 aromatic carbocycles. The zero-order chi connectivity index (χ0) is 28.8. The Morgan fingerprint density at radius 3 is 1.98 bits per heavy atom. The summed E-state index contributed by atoms with van der Waals surface area (Å²) in [7, 11) is 0. The number of fused-ring (bicyclic) bond motifs is 7. The van der Waals surface area contributed by atoms with Crippen LogP contribution in [0.4, 0.5) is 17.1 Å². The smallest absolute Gasteiger partial charge is 0.0555 e. The molecule has 6 bridgehead atoms. The van der Waals surface area contributed by atoms with Crippen LogP contribution in [0.1, 0.15) is 23.0 Å². The Morgan fingerprint density at radius 2 is 1.11 bits per heavy atom. The number of allylic oxidation sites excluding steroid dienone is 4. The van der Waals surface area contributed by atoms with Crippen molar-refractivity contribution in [1.29, 1.82) is 0 Å². The maximum absolute atomic E-state index is 2.52. The Hall–Kier alpha value is -5.18. The Bertz CT molecular complexity index is 2360. The summed E-state index contributed by atoms with van der Waals surface area (Å²) in [5.41, 5.74) is 14.5. The second-order valence-electron chi connectivity index (χ2n) is 12.0. The first kappa shape index (κ1) is 24.3. The summed E-state index contributed by atoms with van der Waals surface area (Å²) >= 11 is 1.88. The lowest BCUT2D eigenvalue weighted by atomic mass is 9.73. The molecule has 2 heteroatoms. The van der Waals surface area contributed by atoms with Crippen molar-refractivity contribution in [3.8, 4) is 33.4 Å². The van der Waals surface area contributed by atoms with Crippen LogP contribution in [0.3, 0.4) is 0 Å². The van der Waals surface area contributed by atoms with Gasteiger partial charge >= 0.3 is 0 Å². The highest BCUT2D eigenvalue weighted by atomic mass is 32.1. The highest BCUT2D eigenvalue weighted by molar-refractivity contribution is 7.26. The Kier molecular flexibility index (Phi) is 5.05. The van der Waals surface area contributed by atoms with E-state index in [1.807, 2.05) is 11.3 Å². The highest BCUT2D eigenvalue weighted by Crippen LogP contribution is 2.60. The van der Waals surface area contributed by atoms with E-state index in [0.717, 1.165) is 5.69 Å². The summed E-state index contributed by atoms with van der Waals surface area (Å²) in [6.07, 6.45) is 9.30. The standard InChI is InChI=1S/C42H27NS/c1-2-12-26(13-3-1)43(35-23-11-25-38-41(35)34-16-6-7-24-37(34)44-38)36-22-10-21-33-31-19-9-18-30-32-20-8-17-29(40(32)42(33)36)27-14-4-5-15-28(27)39(30)31/h1-25,27-28H. The van der Waals surface area contributed by atoms with Crippen molar-refractivity contribution in [2.24, 2.45) is 0 Å². The van der Waals surface area contributed by atoms with E-state index in [1.54, 1.807) is 0 Å². The number of thiophene rings is 1. The fraction of sp³-hybridized carbons (Fsp3) is 0.0476. The predicted molar refractivity (Wildman–Crippen MR) is 188 cm³/mol. The van der Waals surface area contributed by atoms with Crippen LogP contribution in [0.25, 0.3) is 53.6 Å². The predicted octanol–water partition coefficient (Wildman–Crippen LogP) is 12.1. The molecular formula is C42H27NS. The van der Waals surface area contributed by atoms with Crippen molar-refractivity contribution in [2.45, 2.75) is 11.8 Å². The molecule has 0 fully saturated rings. The Morgan fingerprint density at radius 1 is 0.477 bits per heavy atom. The van der Waals surface area contributed by atoms with Gasteiger partial charge in [-0.05, 0) is 75.3 Å². The van der Waals surface area contributed by atoms with Gasteiger partial charge in [0.15, 0.2) is 0 Å². The SMILES string of the molecule is C1=CC2c3cccc4c3-c3c(cccc3N(c3ccccc3)c3cccc5sc6ccccc6c35)-c3cccc-4c3C2C=C1. The lowest BCUT2D eigenvalue weighted by Crippen LogP contribution is -2.15. The average molecular weight is 578 g/mol. The van der Waals surface area contributed by atoms with Gasteiger partial charge in [-0.2, -0.15) is 0 Å². The van der Waals surface area contributed by atoms with Crippen LogP contribution in [0.2, 0.25) is 0 Å². The third-order valence-electron chi connectivity index (χ3n) is 9.78. The van der Waals surface area contributed by atoms with Crippen molar-refractivity contribution in [3.63, 3.8) is 0 Å². The summed E-state index contributed by atoms with van der Waals surface area (Å²) < 4.78 is 2.63. The fourth-order valence-electron chi connectivity index (χ4n) is 8.07. The molecule has 0 saturated carbocycles. The molecule has 0 radical (unpaired) electrons. The molecular weight excluding hydrogens is 551 g/mol. The Labute approximate surface area is 260 Å². The quantitative estimate of drug-likeness (QED) is 0.202. The van der Waals surface area contributed by atoms with Gasteiger partial charge in [-0.15, -0.1) is 11.3 Å². The van der Waals surface area contributed by atoms with E-state index in [4.69, 9.17) is 0 Å². The van der Waals surface area contributed by atoms with Crippen LogP contribution < -0.4 is 4.90 Å². The normalized spacial score (nSPS) is 16.9. The first-order valence-electron chi connectivity index (χ1n) is 15.4. The summed E-state index contributed by atoms with van der Waals surface area (Å²) in [5.74, 6) is 0.616. The van der Waals surface area contributed by atoms with E-state index < -0.39 is 0 Å².